The van der Waals surface area contributed by atoms with Crippen LogP contribution in [0, 0.1) is 0 Å². The first-order chi connectivity index (χ1) is 6.25. The van der Waals surface area contributed by atoms with Gasteiger partial charge in [0, 0.05) is 23.2 Å². The van der Waals surface area contributed by atoms with Crippen LogP contribution in [0.2, 0.25) is 5.02 Å². The molecule has 2 nitrogen and oxygen atoms in total. The summed E-state index contributed by atoms with van der Waals surface area (Å²) in [6, 6.07) is 5.71. The number of hydrogen-bond donors (Lipinski definition) is 1. The van der Waals surface area contributed by atoms with Gasteiger partial charge in [0.1, 0.15) is 0 Å². The molecule has 1 unspecified atom stereocenters. The van der Waals surface area contributed by atoms with Crippen molar-refractivity contribution >= 4 is 17.3 Å². The predicted octanol–water partition coefficient (Wildman–Crippen LogP) is 2.43. The Morgan fingerprint density at radius 1 is 1.38 bits per heavy atom. The zero-order valence-corrected chi connectivity index (χ0v) is 8.05. The molecule has 1 aromatic rings. The highest BCUT2D eigenvalue weighted by molar-refractivity contribution is 6.30. The molecule has 1 aliphatic heterocycles. The lowest BCUT2D eigenvalue weighted by atomic mass is 9.98. The molecule has 1 aliphatic rings. The quantitative estimate of drug-likeness (QED) is 0.702. The van der Waals surface area contributed by atoms with E-state index in [1.54, 1.807) is 6.07 Å². The number of anilines is 1. The van der Waals surface area contributed by atoms with Crippen molar-refractivity contribution in [3.05, 3.63) is 28.8 Å². The molecule has 0 spiro atoms. The zero-order chi connectivity index (χ0) is 9.26. The van der Waals surface area contributed by atoms with E-state index in [1.165, 1.54) is 5.56 Å². The molecule has 0 aliphatic carbocycles. The van der Waals surface area contributed by atoms with Crippen molar-refractivity contribution in [2.45, 2.75) is 12.3 Å². The number of ether oxygens (including phenoxy) is 1. The van der Waals surface area contributed by atoms with E-state index in [0.717, 1.165) is 25.3 Å². The molecular weight excluding hydrogens is 186 g/mol. The van der Waals surface area contributed by atoms with Crippen LogP contribution in [0.25, 0.3) is 0 Å². The molecule has 1 aromatic carbocycles. The Balaban J connectivity index is 2.28. The van der Waals surface area contributed by atoms with Crippen LogP contribution < -0.4 is 5.73 Å². The number of nitrogens with two attached hydrogens (primary N) is 1. The summed E-state index contributed by atoms with van der Waals surface area (Å²) in [4.78, 5) is 0. The maximum absolute atomic E-state index is 5.91. The number of rotatable bonds is 1. The predicted molar refractivity (Wildman–Crippen MR) is 54.0 cm³/mol. The largest absolute Gasteiger partial charge is 0.399 e. The molecule has 70 valence electrons. The molecule has 1 heterocycles. The molecular formula is C10H12ClNO. The highest BCUT2D eigenvalue weighted by Gasteiger charge is 2.18. The van der Waals surface area contributed by atoms with Gasteiger partial charge < -0.3 is 10.5 Å². The highest BCUT2D eigenvalue weighted by atomic mass is 35.5. The molecule has 1 fully saturated rings. The van der Waals surface area contributed by atoms with Gasteiger partial charge in [0.25, 0.3) is 0 Å². The number of hydrogen-bond acceptors (Lipinski definition) is 2. The summed E-state index contributed by atoms with van der Waals surface area (Å²) in [5.41, 5.74) is 7.63. The third kappa shape index (κ3) is 1.95. The van der Waals surface area contributed by atoms with E-state index in [4.69, 9.17) is 22.1 Å². The Kier molecular flexibility index (Phi) is 2.42. The molecule has 13 heavy (non-hydrogen) atoms. The Labute approximate surface area is 82.6 Å². The minimum Gasteiger partial charge on any atom is -0.399 e. The van der Waals surface area contributed by atoms with E-state index < -0.39 is 0 Å². The van der Waals surface area contributed by atoms with E-state index in [1.807, 2.05) is 12.1 Å². The lowest BCUT2D eigenvalue weighted by Gasteiger charge is -2.09. The third-order valence-electron chi connectivity index (χ3n) is 2.34. The molecule has 1 atom stereocenters. The van der Waals surface area contributed by atoms with Crippen molar-refractivity contribution in [1.29, 1.82) is 0 Å². The van der Waals surface area contributed by atoms with Gasteiger partial charge in [-0.3, -0.25) is 0 Å². The van der Waals surface area contributed by atoms with Crippen LogP contribution in [-0.2, 0) is 4.74 Å². The zero-order valence-electron chi connectivity index (χ0n) is 7.29. The average molecular weight is 198 g/mol. The summed E-state index contributed by atoms with van der Waals surface area (Å²) in [6.07, 6.45) is 1.07. The molecule has 3 heteroatoms. The van der Waals surface area contributed by atoms with Crippen molar-refractivity contribution in [3.63, 3.8) is 0 Å². The third-order valence-corrected chi connectivity index (χ3v) is 2.56. The topological polar surface area (TPSA) is 35.2 Å². The average Bonchev–Trinajstić information content (AvgIpc) is 2.53. The fourth-order valence-corrected chi connectivity index (χ4v) is 1.92. The van der Waals surface area contributed by atoms with E-state index >= 15 is 0 Å². The number of benzene rings is 1. The van der Waals surface area contributed by atoms with Crippen LogP contribution in [0.15, 0.2) is 18.2 Å². The Morgan fingerprint density at radius 2 is 2.23 bits per heavy atom. The number of halogens is 1. The standard InChI is InChI=1S/C10H12ClNO/c11-9-3-8(4-10(12)5-9)7-1-2-13-6-7/h3-5,7H,1-2,6,12H2. The Morgan fingerprint density at radius 3 is 2.85 bits per heavy atom. The summed E-state index contributed by atoms with van der Waals surface area (Å²) in [7, 11) is 0. The fourth-order valence-electron chi connectivity index (χ4n) is 1.67. The van der Waals surface area contributed by atoms with Crippen molar-refractivity contribution in [2.24, 2.45) is 0 Å². The second-order valence-corrected chi connectivity index (χ2v) is 3.81. The maximum atomic E-state index is 5.91. The van der Waals surface area contributed by atoms with Gasteiger partial charge in [-0.05, 0) is 30.2 Å². The van der Waals surface area contributed by atoms with Gasteiger partial charge in [-0.1, -0.05) is 11.6 Å². The molecule has 2 rings (SSSR count). The summed E-state index contributed by atoms with van der Waals surface area (Å²) in [6.45, 7) is 1.64. The smallest absolute Gasteiger partial charge is 0.0535 e. The molecule has 1 saturated heterocycles. The first-order valence-corrected chi connectivity index (χ1v) is 4.77. The van der Waals surface area contributed by atoms with Crippen LogP contribution in [0.4, 0.5) is 5.69 Å². The number of nitrogen functional groups attached to an aromatic ring is 1. The van der Waals surface area contributed by atoms with Gasteiger partial charge in [-0.2, -0.15) is 0 Å². The summed E-state index contributed by atoms with van der Waals surface area (Å²) in [5, 5.41) is 0.710. The minimum absolute atomic E-state index is 0.473. The highest BCUT2D eigenvalue weighted by Crippen LogP contribution is 2.28. The molecule has 2 N–H and O–H groups in total. The van der Waals surface area contributed by atoms with Crippen LogP contribution in [0.3, 0.4) is 0 Å². The second kappa shape index (κ2) is 3.56. The van der Waals surface area contributed by atoms with Crippen molar-refractivity contribution < 1.29 is 4.74 Å². The van der Waals surface area contributed by atoms with E-state index in [2.05, 4.69) is 0 Å². The molecule has 0 radical (unpaired) electrons. The minimum atomic E-state index is 0.473. The van der Waals surface area contributed by atoms with E-state index in [-0.39, 0.29) is 0 Å². The molecule has 0 bridgehead atoms. The first-order valence-electron chi connectivity index (χ1n) is 4.39. The fraction of sp³-hybridized carbons (Fsp3) is 0.400. The molecule has 0 aromatic heterocycles. The molecule has 0 saturated carbocycles. The summed E-state index contributed by atoms with van der Waals surface area (Å²) >= 11 is 5.91. The van der Waals surface area contributed by atoms with Crippen molar-refractivity contribution in [2.75, 3.05) is 18.9 Å². The van der Waals surface area contributed by atoms with Gasteiger partial charge >= 0.3 is 0 Å². The lowest BCUT2D eigenvalue weighted by Crippen LogP contribution is -1.98. The van der Waals surface area contributed by atoms with Crippen molar-refractivity contribution in [3.8, 4) is 0 Å². The van der Waals surface area contributed by atoms with Gasteiger partial charge in [0.15, 0.2) is 0 Å². The second-order valence-electron chi connectivity index (χ2n) is 3.38. The molecule has 0 amide bonds. The van der Waals surface area contributed by atoms with Gasteiger partial charge in [-0.15, -0.1) is 0 Å². The summed E-state index contributed by atoms with van der Waals surface area (Å²) < 4.78 is 5.31. The van der Waals surface area contributed by atoms with Crippen LogP contribution in [0.1, 0.15) is 17.9 Å². The Bertz CT molecular complexity index is 288. The Hall–Kier alpha value is -0.730. The van der Waals surface area contributed by atoms with Crippen LogP contribution in [-0.4, -0.2) is 13.2 Å². The SMILES string of the molecule is Nc1cc(Cl)cc(C2CCOC2)c1. The van der Waals surface area contributed by atoms with E-state index in [9.17, 15) is 0 Å². The van der Waals surface area contributed by atoms with E-state index in [0.29, 0.717) is 10.9 Å². The van der Waals surface area contributed by atoms with Crippen molar-refractivity contribution in [1.82, 2.24) is 0 Å². The lowest BCUT2D eigenvalue weighted by molar-refractivity contribution is 0.194. The maximum Gasteiger partial charge on any atom is 0.0535 e. The normalized spacial score (nSPS) is 22.1. The van der Waals surface area contributed by atoms with Crippen LogP contribution in [0.5, 0.6) is 0 Å². The van der Waals surface area contributed by atoms with Gasteiger partial charge in [0.05, 0.1) is 6.61 Å². The van der Waals surface area contributed by atoms with Gasteiger partial charge in [-0.25, -0.2) is 0 Å². The monoisotopic (exact) mass is 197 g/mol. The first kappa shape index (κ1) is 8.85. The summed E-state index contributed by atoms with van der Waals surface area (Å²) in [5.74, 6) is 0.473. The van der Waals surface area contributed by atoms with Gasteiger partial charge in [0.2, 0.25) is 0 Å². The van der Waals surface area contributed by atoms with Crippen LogP contribution >= 0.6 is 11.6 Å².